The summed E-state index contributed by atoms with van der Waals surface area (Å²) in [6, 6.07) is 7.94. The van der Waals surface area contributed by atoms with Crippen molar-refractivity contribution in [3.05, 3.63) is 70.4 Å². The number of rotatable bonds is 2. The molecular formula is C15H8ClF4N. The number of aromatic nitrogens is 1. The second-order valence-electron chi connectivity index (χ2n) is 4.59. The standard InChI is InChI=1S/C15H8ClF4N/c16-9-3-1-8(2-4-9)7-21-6-5-10-11(17)12(18)13(19)14(20)15(10)21/h1-6H,7H2. The monoisotopic (exact) mass is 313 g/mol. The quantitative estimate of drug-likeness (QED) is 0.360. The van der Waals surface area contributed by atoms with Gasteiger partial charge in [-0.25, -0.2) is 17.6 Å². The van der Waals surface area contributed by atoms with Gasteiger partial charge in [-0.2, -0.15) is 0 Å². The molecule has 0 fully saturated rings. The molecule has 0 saturated heterocycles. The Kier molecular flexibility index (Phi) is 3.37. The fourth-order valence-corrected chi connectivity index (χ4v) is 2.35. The average Bonchev–Trinajstić information content (AvgIpc) is 2.89. The van der Waals surface area contributed by atoms with Crippen LogP contribution in [0.5, 0.6) is 0 Å². The third kappa shape index (κ3) is 2.27. The molecular weight excluding hydrogens is 306 g/mol. The van der Waals surface area contributed by atoms with Gasteiger partial charge in [0.1, 0.15) is 0 Å². The first kappa shape index (κ1) is 13.9. The van der Waals surface area contributed by atoms with Crippen LogP contribution in [0.15, 0.2) is 36.5 Å². The maximum Gasteiger partial charge on any atom is 0.199 e. The van der Waals surface area contributed by atoms with Gasteiger partial charge in [-0.05, 0) is 23.8 Å². The van der Waals surface area contributed by atoms with Gasteiger partial charge in [0.25, 0.3) is 0 Å². The van der Waals surface area contributed by atoms with Gasteiger partial charge in [0.05, 0.1) is 5.52 Å². The molecule has 0 aliphatic rings. The molecule has 0 saturated carbocycles. The highest BCUT2D eigenvalue weighted by Gasteiger charge is 2.22. The van der Waals surface area contributed by atoms with Crippen LogP contribution in [0.2, 0.25) is 5.02 Å². The molecule has 0 bridgehead atoms. The summed E-state index contributed by atoms with van der Waals surface area (Å²) < 4.78 is 55.4. The fourth-order valence-electron chi connectivity index (χ4n) is 2.23. The molecule has 0 radical (unpaired) electrons. The van der Waals surface area contributed by atoms with Crippen molar-refractivity contribution < 1.29 is 17.6 Å². The molecule has 0 N–H and O–H groups in total. The molecule has 0 spiro atoms. The molecule has 21 heavy (non-hydrogen) atoms. The van der Waals surface area contributed by atoms with Crippen molar-refractivity contribution in [2.75, 3.05) is 0 Å². The van der Waals surface area contributed by atoms with Crippen LogP contribution in [-0.2, 0) is 6.54 Å². The number of benzene rings is 2. The lowest BCUT2D eigenvalue weighted by molar-refractivity contribution is 0.416. The van der Waals surface area contributed by atoms with Crippen LogP contribution in [0.1, 0.15) is 5.56 Å². The normalized spacial score (nSPS) is 11.3. The van der Waals surface area contributed by atoms with Crippen LogP contribution in [0, 0.1) is 23.3 Å². The third-order valence-corrected chi connectivity index (χ3v) is 3.50. The molecule has 0 amide bonds. The van der Waals surface area contributed by atoms with E-state index in [1.165, 1.54) is 16.8 Å². The summed E-state index contributed by atoms with van der Waals surface area (Å²) in [7, 11) is 0. The van der Waals surface area contributed by atoms with Crippen LogP contribution in [0.3, 0.4) is 0 Å². The van der Waals surface area contributed by atoms with Crippen molar-refractivity contribution >= 4 is 22.5 Å². The highest BCUT2D eigenvalue weighted by molar-refractivity contribution is 6.30. The molecule has 0 atom stereocenters. The SMILES string of the molecule is Fc1c(F)c(F)c2c(ccn2Cc2ccc(Cl)cc2)c1F. The van der Waals surface area contributed by atoms with Crippen molar-refractivity contribution in [1.29, 1.82) is 0 Å². The summed E-state index contributed by atoms with van der Waals surface area (Å²) >= 11 is 5.77. The average molecular weight is 314 g/mol. The topological polar surface area (TPSA) is 4.93 Å². The first-order valence-electron chi connectivity index (χ1n) is 6.04. The summed E-state index contributed by atoms with van der Waals surface area (Å²) in [5, 5.41) is 0.252. The minimum Gasteiger partial charge on any atom is -0.341 e. The van der Waals surface area contributed by atoms with Crippen LogP contribution in [0.4, 0.5) is 17.6 Å². The number of nitrogens with zero attached hydrogens (tertiary/aromatic N) is 1. The first-order valence-corrected chi connectivity index (χ1v) is 6.42. The van der Waals surface area contributed by atoms with Crippen molar-refractivity contribution in [3.63, 3.8) is 0 Å². The minimum absolute atomic E-state index is 0.183. The van der Waals surface area contributed by atoms with Gasteiger partial charge in [-0.15, -0.1) is 0 Å². The van der Waals surface area contributed by atoms with Crippen LogP contribution in [-0.4, -0.2) is 4.57 Å². The molecule has 6 heteroatoms. The molecule has 0 aliphatic carbocycles. The summed E-state index contributed by atoms with van der Waals surface area (Å²) in [5.41, 5.74) is 0.461. The predicted molar refractivity (Wildman–Crippen MR) is 72.3 cm³/mol. The second-order valence-corrected chi connectivity index (χ2v) is 5.02. The Balaban J connectivity index is 2.14. The summed E-state index contributed by atoms with van der Waals surface area (Å²) in [4.78, 5) is 0. The number of fused-ring (bicyclic) bond motifs is 1. The highest BCUT2D eigenvalue weighted by Crippen LogP contribution is 2.28. The van der Waals surface area contributed by atoms with Crippen LogP contribution >= 0.6 is 11.6 Å². The molecule has 1 nitrogen and oxygen atoms in total. The Morgan fingerprint density at radius 3 is 2.10 bits per heavy atom. The molecule has 2 aromatic carbocycles. The van der Waals surface area contributed by atoms with Crippen molar-refractivity contribution in [1.82, 2.24) is 4.57 Å². The van der Waals surface area contributed by atoms with Gasteiger partial charge in [-0.3, -0.25) is 0 Å². The van der Waals surface area contributed by atoms with Crippen molar-refractivity contribution in [3.8, 4) is 0 Å². The zero-order valence-corrected chi connectivity index (χ0v) is 11.3. The predicted octanol–water partition coefficient (Wildman–Crippen LogP) is 4.90. The zero-order valence-electron chi connectivity index (χ0n) is 10.5. The van der Waals surface area contributed by atoms with E-state index in [1.54, 1.807) is 24.3 Å². The Bertz CT molecular complexity index is 824. The Hall–Kier alpha value is -2.01. The molecule has 1 aromatic heterocycles. The lowest BCUT2D eigenvalue weighted by atomic mass is 10.2. The number of hydrogen-bond acceptors (Lipinski definition) is 0. The molecule has 3 aromatic rings. The van der Waals surface area contributed by atoms with E-state index < -0.39 is 23.3 Å². The summed E-state index contributed by atoms with van der Waals surface area (Å²) in [6.45, 7) is 0.183. The van der Waals surface area contributed by atoms with E-state index in [4.69, 9.17) is 11.6 Å². The molecule has 0 aliphatic heterocycles. The van der Waals surface area contributed by atoms with E-state index in [9.17, 15) is 17.6 Å². The molecule has 1 heterocycles. The van der Waals surface area contributed by atoms with E-state index >= 15 is 0 Å². The third-order valence-electron chi connectivity index (χ3n) is 3.25. The first-order chi connectivity index (χ1) is 9.99. The second kappa shape index (κ2) is 5.07. The number of hydrogen-bond donors (Lipinski definition) is 0. The van der Waals surface area contributed by atoms with Gasteiger partial charge in [0.2, 0.25) is 0 Å². The maximum atomic E-state index is 13.9. The van der Waals surface area contributed by atoms with Gasteiger partial charge >= 0.3 is 0 Å². The molecule has 0 unspecified atom stereocenters. The Morgan fingerprint density at radius 2 is 1.43 bits per heavy atom. The van der Waals surface area contributed by atoms with E-state index in [-0.39, 0.29) is 17.4 Å². The lowest BCUT2D eigenvalue weighted by Gasteiger charge is -2.08. The Labute approximate surface area is 122 Å². The fraction of sp³-hybridized carbons (Fsp3) is 0.0667. The summed E-state index contributed by atoms with van der Waals surface area (Å²) in [6.07, 6.45) is 1.38. The smallest absolute Gasteiger partial charge is 0.199 e. The van der Waals surface area contributed by atoms with E-state index in [0.717, 1.165) is 5.56 Å². The minimum atomic E-state index is -1.81. The van der Waals surface area contributed by atoms with Gasteiger partial charge in [0, 0.05) is 23.2 Å². The van der Waals surface area contributed by atoms with Gasteiger partial charge in [-0.1, -0.05) is 23.7 Å². The highest BCUT2D eigenvalue weighted by atomic mass is 35.5. The van der Waals surface area contributed by atoms with Gasteiger partial charge in [0.15, 0.2) is 23.3 Å². The zero-order chi connectivity index (χ0) is 15.1. The molecule has 108 valence electrons. The van der Waals surface area contributed by atoms with Gasteiger partial charge < -0.3 is 4.57 Å². The van der Waals surface area contributed by atoms with E-state index in [2.05, 4.69) is 0 Å². The molecule has 3 rings (SSSR count). The lowest BCUT2D eigenvalue weighted by Crippen LogP contribution is -2.03. The van der Waals surface area contributed by atoms with Crippen LogP contribution in [0.25, 0.3) is 10.9 Å². The van der Waals surface area contributed by atoms with Crippen molar-refractivity contribution in [2.24, 2.45) is 0 Å². The summed E-state index contributed by atoms with van der Waals surface area (Å²) in [5.74, 6) is -6.40. The Morgan fingerprint density at radius 1 is 0.810 bits per heavy atom. The van der Waals surface area contributed by atoms with Crippen molar-refractivity contribution in [2.45, 2.75) is 6.54 Å². The number of halogens is 5. The maximum absolute atomic E-state index is 13.9. The van der Waals surface area contributed by atoms with E-state index in [0.29, 0.717) is 5.02 Å². The van der Waals surface area contributed by atoms with E-state index in [1.807, 2.05) is 0 Å². The largest absolute Gasteiger partial charge is 0.341 e. The van der Waals surface area contributed by atoms with Crippen LogP contribution < -0.4 is 0 Å².